The minimum atomic E-state index is -1.31. The summed E-state index contributed by atoms with van der Waals surface area (Å²) in [6, 6.07) is 0. The van der Waals surface area contributed by atoms with Crippen molar-refractivity contribution in [1.82, 2.24) is 5.32 Å². The summed E-state index contributed by atoms with van der Waals surface area (Å²) in [6.07, 6.45) is 4.06. The minimum absolute atomic E-state index is 0.0374. The molecule has 1 N–H and O–H groups in total. The van der Waals surface area contributed by atoms with E-state index in [2.05, 4.69) is 39.9 Å². The van der Waals surface area contributed by atoms with Crippen molar-refractivity contribution in [3.05, 3.63) is 0 Å². The molecule has 0 aliphatic carbocycles. The van der Waals surface area contributed by atoms with E-state index in [0.29, 0.717) is 11.8 Å². The van der Waals surface area contributed by atoms with Crippen LogP contribution in [0.3, 0.4) is 0 Å². The molecule has 0 aromatic carbocycles. The molecule has 0 unspecified atom stereocenters. The van der Waals surface area contributed by atoms with Crippen molar-refractivity contribution in [2.24, 2.45) is 17.3 Å². The maximum Gasteiger partial charge on any atom is 0.273 e. The van der Waals surface area contributed by atoms with E-state index >= 15 is 0 Å². The summed E-state index contributed by atoms with van der Waals surface area (Å²) < 4.78 is 12.2. The molecule has 0 radical (unpaired) electrons. The van der Waals surface area contributed by atoms with Crippen LogP contribution in [0, 0.1) is 17.3 Å². The predicted octanol–water partition coefficient (Wildman–Crippen LogP) is 3.12. The van der Waals surface area contributed by atoms with Crippen molar-refractivity contribution in [3.63, 3.8) is 0 Å². The van der Waals surface area contributed by atoms with Crippen LogP contribution < -0.4 is 5.32 Å². The molecule has 0 aromatic rings. The Morgan fingerprint density at radius 3 is 1.62 bits per heavy atom. The van der Waals surface area contributed by atoms with E-state index in [1.54, 1.807) is 0 Å². The third kappa shape index (κ3) is 1.90. The Balaban J connectivity index is 3.03. The molecule has 1 fully saturated rings. The molecular weight excluding hydrogens is 222 g/mol. The van der Waals surface area contributed by atoms with Gasteiger partial charge >= 0.3 is 0 Å². The van der Waals surface area contributed by atoms with E-state index in [1.165, 1.54) is 0 Å². The molecule has 0 atom stereocenters. The zero-order valence-corrected chi connectivity index (χ0v) is 12.7. The molecule has 1 aliphatic rings. The molecule has 1 rings (SSSR count). The number of nitrogens with one attached hydrogen (secondary N) is 1. The van der Waals surface area contributed by atoms with Crippen LogP contribution in [0.25, 0.3) is 0 Å². The summed E-state index contributed by atoms with van der Waals surface area (Å²) in [4.78, 5) is 0. The van der Waals surface area contributed by atoms with Crippen LogP contribution in [-0.4, -0.2) is 25.5 Å². The molecule has 0 amide bonds. The van der Waals surface area contributed by atoms with E-state index < -0.39 is 16.5 Å². The summed E-state index contributed by atoms with van der Waals surface area (Å²) in [5.41, 5.74) is -0.0374. The van der Waals surface area contributed by atoms with Gasteiger partial charge in [0.1, 0.15) is 0 Å². The average molecular weight is 249 g/mol. The summed E-state index contributed by atoms with van der Waals surface area (Å²) in [5.74, 6) is 0.347. The Morgan fingerprint density at radius 1 is 1.06 bits per heavy atom. The zero-order valence-electron chi connectivity index (χ0n) is 11.9. The van der Waals surface area contributed by atoms with Crippen molar-refractivity contribution in [2.75, 3.05) is 19.6 Å². The topological polar surface area (TPSA) is 30.5 Å². The van der Waals surface area contributed by atoms with Crippen LogP contribution in [0.4, 0.5) is 0 Å². The van der Waals surface area contributed by atoms with Gasteiger partial charge in [-0.05, 0) is 18.9 Å². The van der Waals surface area contributed by atoms with Gasteiger partial charge in [-0.1, -0.05) is 34.6 Å². The SMILES string of the molecule is CNC1(C(C)(C(C)C)C(C)C)OS(C)(C)O1. The maximum absolute atomic E-state index is 6.10. The fraction of sp³-hybridized carbons (Fsp3) is 1.00. The van der Waals surface area contributed by atoms with E-state index in [9.17, 15) is 0 Å². The molecule has 3 nitrogen and oxygen atoms in total. The first-order valence-electron chi connectivity index (χ1n) is 5.94. The smallest absolute Gasteiger partial charge is 0.266 e. The van der Waals surface area contributed by atoms with Crippen LogP contribution in [0.1, 0.15) is 34.6 Å². The molecule has 1 saturated heterocycles. The van der Waals surface area contributed by atoms with Gasteiger partial charge in [-0.25, -0.2) is 8.37 Å². The lowest BCUT2D eigenvalue weighted by molar-refractivity contribution is -0.288. The highest BCUT2D eigenvalue weighted by Crippen LogP contribution is 2.66. The third-order valence-corrected chi connectivity index (χ3v) is 5.35. The number of hydrogen-bond acceptors (Lipinski definition) is 3. The molecule has 0 bridgehead atoms. The van der Waals surface area contributed by atoms with Gasteiger partial charge in [0.15, 0.2) is 0 Å². The Labute approximate surface area is 102 Å². The fourth-order valence-corrected chi connectivity index (χ4v) is 4.20. The molecule has 0 aromatic heterocycles. The maximum atomic E-state index is 6.10. The highest BCUT2D eigenvalue weighted by Gasteiger charge is 2.62. The van der Waals surface area contributed by atoms with Crippen molar-refractivity contribution in [3.8, 4) is 0 Å². The summed E-state index contributed by atoms with van der Waals surface area (Å²) >= 11 is 0. The normalized spacial score (nSPS) is 25.6. The van der Waals surface area contributed by atoms with Crippen molar-refractivity contribution >= 4 is 10.6 Å². The van der Waals surface area contributed by atoms with Crippen LogP contribution >= 0.6 is 10.6 Å². The quantitative estimate of drug-likeness (QED) is 0.830. The monoisotopic (exact) mass is 249 g/mol. The highest BCUT2D eigenvalue weighted by molar-refractivity contribution is 8.25. The van der Waals surface area contributed by atoms with E-state index in [-0.39, 0.29) is 5.41 Å². The summed E-state index contributed by atoms with van der Waals surface area (Å²) in [6.45, 7) is 11.2. The van der Waals surface area contributed by atoms with Crippen LogP contribution in [0.5, 0.6) is 0 Å². The van der Waals surface area contributed by atoms with Gasteiger partial charge in [0.2, 0.25) is 0 Å². The molecular formula is C12H27NO2S. The second kappa shape index (κ2) is 4.16. The average Bonchev–Trinajstić information content (AvgIpc) is 2.11. The van der Waals surface area contributed by atoms with Gasteiger partial charge in [-0.3, -0.25) is 5.32 Å². The standard InChI is InChI=1S/C12H27NO2S/c1-9(2)11(5,10(3)4)12(13-6)14-16(7,8)15-12/h9-10,13H,1-8H3. The predicted molar refractivity (Wildman–Crippen MR) is 71.2 cm³/mol. The Hall–Kier alpha value is 0.230. The van der Waals surface area contributed by atoms with Gasteiger partial charge in [0.25, 0.3) is 5.91 Å². The van der Waals surface area contributed by atoms with Gasteiger partial charge in [-0.15, -0.1) is 0 Å². The molecule has 98 valence electrons. The second-order valence-electron chi connectivity index (χ2n) is 5.77. The van der Waals surface area contributed by atoms with Crippen LogP contribution in [-0.2, 0) is 8.37 Å². The zero-order chi connectivity index (χ0) is 12.8. The van der Waals surface area contributed by atoms with Crippen molar-refractivity contribution < 1.29 is 8.37 Å². The Bertz CT molecular complexity index is 248. The van der Waals surface area contributed by atoms with Gasteiger partial charge < -0.3 is 0 Å². The molecule has 0 saturated carbocycles. The molecule has 16 heavy (non-hydrogen) atoms. The van der Waals surface area contributed by atoms with E-state index in [4.69, 9.17) is 8.37 Å². The van der Waals surface area contributed by atoms with Gasteiger partial charge in [-0.2, -0.15) is 10.6 Å². The lowest BCUT2D eigenvalue weighted by Gasteiger charge is -2.65. The molecule has 1 aliphatic heterocycles. The minimum Gasteiger partial charge on any atom is -0.266 e. The molecule has 0 spiro atoms. The van der Waals surface area contributed by atoms with Gasteiger partial charge in [0, 0.05) is 17.9 Å². The first kappa shape index (κ1) is 14.3. The van der Waals surface area contributed by atoms with Crippen molar-refractivity contribution in [1.29, 1.82) is 0 Å². The highest BCUT2D eigenvalue weighted by atomic mass is 32.3. The van der Waals surface area contributed by atoms with E-state index in [0.717, 1.165) is 0 Å². The molecule has 4 heteroatoms. The Kier molecular flexibility index (Phi) is 3.72. The lowest BCUT2D eigenvalue weighted by Crippen LogP contribution is -2.69. The lowest BCUT2D eigenvalue weighted by atomic mass is 9.67. The summed E-state index contributed by atoms with van der Waals surface area (Å²) in [5, 5.41) is 3.25. The largest absolute Gasteiger partial charge is 0.273 e. The fourth-order valence-electron chi connectivity index (χ4n) is 2.53. The van der Waals surface area contributed by atoms with Gasteiger partial charge in [0.05, 0.1) is 0 Å². The van der Waals surface area contributed by atoms with Crippen LogP contribution in [0.15, 0.2) is 0 Å². The van der Waals surface area contributed by atoms with Crippen LogP contribution in [0.2, 0.25) is 0 Å². The number of rotatable bonds is 4. The first-order chi connectivity index (χ1) is 7.11. The van der Waals surface area contributed by atoms with E-state index in [1.807, 2.05) is 19.6 Å². The van der Waals surface area contributed by atoms with Crippen molar-refractivity contribution in [2.45, 2.75) is 40.5 Å². The first-order valence-corrected chi connectivity index (χ1v) is 8.24. The number of hydrogen-bond donors (Lipinski definition) is 1. The molecule has 1 heterocycles. The second-order valence-corrected chi connectivity index (χ2v) is 8.39. The third-order valence-electron chi connectivity index (χ3n) is 4.07. The summed E-state index contributed by atoms with van der Waals surface area (Å²) in [7, 11) is 0.601. The Morgan fingerprint density at radius 2 is 1.44 bits per heavy atom.